The number of hydrogen-bond acceptors (Lipinski definition) is 4. The number of likely N-dealkylation sites (tertiary alicyclic amines) is 1. The summed E-state index contributed by atoms with van der Waals surface area (Å²) in [6, 6.07) is 0.512. The van der Waals surface area contributed by atoms with E-state index in [-0.39, 0.29) is 11.8 Å². The number of carbonyl (C=O) groups is 2. The summed E-state index contributed by atoms with van der Waals surface area (Å²) in [6.45, 7) is 7.84. The Kier molecular flexibility index (Phi) is 5.72. The van der Waals surface area contributed by atoms with Crippen LogP contribution in [0.15, 0.2) is 18.1 Å². The fourth-order valence-electron chi connectivity index (χ4n) is 3.87. The zero-order valence-corrected chi connectivity index (χ0v) is 16.9. The quantitative estimate of drug-likeness (QED) is 0.712. The second kappa shape index (κ2) is 7.87. The zero-order chi connectivity index (χ0) is 19.6. The minimum absolute atomic E-state index is 0.196. The van der Waals surface area contributed by atoms with E-state index in [0.717, 1.165) is 5.69 Å². The van der Waals surface area contributed by atoms with Gasteiger partial charge >= 0.3 is 6.09 Å². The first-order chi connectivity index (χ1) is 12.7. The molecule has 1 aliphatic carbocycles. The first-order valence-corrected chi connectivity index (χ1v) is 10.0. The second-order valence-electron chi connectivity index (χ2n) is 8.91. The molecule has 6 nitrogen and oxygen atoms in total. The molecule has 2 amide bonds. The summed E-state index contributed by atoms with van der Waals surface area (Å²) in [6.07, 6.45) is 12.0. The molecule has 1 aromatic rings. The lowest BCUT2D eigenvalue weighted by Gasteiger charge is -2.32. The van der Waals surface area contributed by atoms with Crippen molar-refractivity contribution in [1.29, 1.82) is 0 Å². The fraction of sp³-hybridized carbons (Fsp3) is 0.667. The SMILES string of the molecule is C[C@H]1C/C(=C\c2cn(C3CCCCC3)cn2)C(=O)N(C(=O)OC(C)(C)C)C1. The van der Waals surface area contributed by atoms with Crippen LogP contribution in [0.4, 0.5) is 4.79 Å². The van der Waals surface area contributed by atoms with E-state index in [1.165, 1.54) is 37.0 Å². The van der Waals surface area contributed by atoms with Crippen LogP contribution in [0.25, 0.3) is 6.08 Å². The van der Waals surface area contributed by atoms with Crippen LogP contribution < -0.4 is 0 Å². The van der Waals surface area contributed by atoms with Gasteiger partial charge in [0.1, 0.15) is 5.60 Å². The van der Waals surface area contributed by atoms with Crippen molar-refractivity contribution in [3.05, 3.63) is 23.8 Å². The van der Waals surface area contributed by atoms with Gasteiger partial charge in [0.25, 0.3) is 5.91 Å². The molecule has 6 heteroatoms. The summed E-state index contributed by atoms with van der Waals surface area (Å²) in [5.41, 5.74) is 0.774. The smallest absolute Gasteiger partial charge is 0.417 e. The molecule has 2 fully saturated rings. The maximum Gasteiger partial charge on any atom is 0.417 e. The number of imide groups is 1. The highest BCUT2D eigenvalue weighted by atomic mass is 16.6. The number of rotatable bonds is 2. The van der Waals surface area contributed by atoms with E-state index < -0.39 is 11.7 Å². The van der Waals surface area contributed by atoms with Crippen LogP contribution in [0.2, 0.25) is 0 Å². The van der Waals surface area contributed by atoms with Gasteiger partial charge in [0.2, 0.25) is 0 Å². The van der Waals surface area contributed by atoms with Crippen LogP contribution >= 0.6 is 0 Å². The molecule has 1 saturated carbocycles. The molecule has 27 heavy (non-hydrogen) atoms. The largest absolute Gasteiger partial charge is 0.443 e. The molecule has 0 N–H and O–H groups in total. The normalized spacial score (nSPS) is 23.7. The van der Waals surface area contributed by atoms with Gasteiger partial charge in [-0.25, -0.2) is 14.7 Å². The summed E-state index contributed by atoms with van der Waals surface area (Å²) >= 11 is 0. The Balaban J connectivity index is 1.75. The van der Waals surface area contributed by atoms with E-state index in [4.69, 9.17) is 4.74 Å². The Bertz CT molecular complexity index is 723. The Hall–Kier alpha value is -2.11. The van der Waals surface area contributed by atoms with Gasteiger partial charge in [0.15, 0.2) is 0 Å². The second-order valence-corrected chi connectivity index (χ2v) is 8.91. The van der Waals surface area contributed by atoms with Crippen molar-refractivity contribution >= 4 is 18.1 Å². The Morgan fingerprint density at radius 2 is 1.96 bits per heavy atom. The molecule has 1 saturated heterocycles. The van der Waals surface area contributed by atoms with Gasteiger partial charge < -0.3 is 9.30 Å². The summed E-state index contributed by atoms with van der Waals surface area (Å²) < 4.78 is 7.57. The van der Waals surface area contributed by atoms with Gasteiger partial charge in [0, 0.05) is 24.4 Å². The molecule has 2 heterocycles. The molecule has 1 aliphatic heterocycles. The van der Waals surface area contributed by atoms with Crippen LogP contribution in [0, 0.1) is 5.92 Å². The molecule has 0 radical (unpaired) electrons. The van der Waals surface area contributed by atoms with E-state index in [9.17, 15) is 9.59 Å². The number of imidazole rings is 1. The highest BCUT2D eigenvalue weighted by molar-refractivity contribution is 6.05. The van der Waals surface area contributed by atoms with Gasteiger partial charge in [0.05, 0.1) is 12.0 Å². The van der Waals surface area contributed by atoms with Crippen molar-refractivity contribution in [3.63, 3.8) is 0 Å². The van der Waals surface area contributed by atoms with Crippen LogP contribution in [0.5, 0.6) is 0 Å². The van der Waals surface area contributed by atoms with Crippen LogP contribution in [-0.2, 0) is 9.53 Å². The monoisotopic (exact) mass is 373 g/mol. The number of carbonyl (C=O) groups excluding carboxylic acids is 2. The van der Waals surface area contributed by atoms with E-state index in [0.29, 0.717) is 24.6 Å². The van der Waals surface area contributed by atoms with Crippen molar-refractivity contribution in [2.24, 2.45) is 5.92 Å². The van der Waals surface area contributed by atoms with Gasteiger partial charge in [-0.3, -0.25) is 4.79 Å². The summed E-state index contributed by atoms with van der Waals surface area (Å²) in [5, 5.41) is 0. The van der Waals surface area contributed by atoms with Crippen LogP contribution in [-0.4, -0.2) is 38.6 Å². The molecule has 0 aromatic carbocycles. The molecule has 0 bridgehead atoms. The lowest BCUT2D eigenvalue weighted by molar-refractivity contribution is -0.128. The van der Waals surface area contributed by atoms with E-state index in [1.807, 2.05) is 25.5 Å². The number of nitrogens with zero attached hydrogens (tertiary/aromatic N) is 3. The van der Waals surface area contributed by atoms with E-state index in [1.54, 1.807) is 20.8 Å². The maximum atomic E-state index is 12.8. The molecule has 1 atom stereocenters. The van der Waals surface area contributed by atoms with Crippen molar-refractivity contribution in [3.8, 4) is 0 Å². The average molecular weight is 373 g/mol. The van der Waals surface area contributed by atoms with Gasteiger partial charge in [-0.15, -0.1) is 0 Å². The summed E-state index contributed by atoms with van der Waals surface area (Å²) in [4.78, 5) is 30.9. The summed E-state index contributed by atoms with van der Waals surface area (Å²) in [5.74, 6) is -0.0727. The molecule has 148 valence electrons. The highest BCUT2D eigenvalue weighted by Gasteiger charge is 2.34. The number of ether oxygens (including phenoxy) is 1. The molecule has 0 unspecified atom stereocenters. The van der Waals surface area contributed by atoms with Crippen LogP contribution in [0.1, 0.15) is 78.0 Å². The minimum Gasteiger partial charge on any atom is -0.443 e. The molecular formula is C21H31N3O3. The molecule has 1 aromatic heterocycles. The van der Waals surface area contributed by atoms with Crippen molar-refractivity contribution in [2.75, 3.05) is 6.54 Å². The molecule has 0 spiro atoms. The Labute approximate surface area is 161 Å². The molecular weight excluding hydrogens is 342 g/mol. The number of amides is 2. The lowest BCUT2D eigenvalue weighted by Crippen LogP contribution is -2.46. The van der Waals surface area contributed by atoms with E-state index >= 15 is 0 Å². The van der Waals surface area contributed by atoms with Gasteiger partial charge in [-0.2, -0.15) is 0 Å². The standard InChI is InChI=1S/C21H31N3O3/c1-15-10-16(19(25)24(12-15)20(26)27-21(2,3)4)11-17-13-23(14-22-17)18-8-6-5-7-9-18/h11,13-15,18H,5-10,12H2,1-4H3/b16-11+/t15-/m0/s1. The minimum atomic E-state index is -0.624. The van der Waals surface area contributed by atoms with Crippen molar-refractivity contribution < 1.29 is 14.3 Å². The van der Waals surface area contributed by atoms with Crippen LogP contribution in [0.3, 0.4) is 0 Å². The maximum absolute atomic E-state index is 12.8. The highest BCUT2D eigenvalue weighted by Crippen LogP contribution is 2.29. The number of hydrogen-bond donors (Lipinski definition) is 0. The third-order valence-electron chi connectivity index (χ3n) is 5.14. The number of piperidine rings is 1. The summed E-state index contributed by atoms with van der Waals surface area (Å²) in [7, 11) is 0. The van der Waals surface area contributed by atoms with E-state index in [2.05, 4.69) is 9.55 Å². The number of aromatic nitrogens is 2. The molecule has 3 rings (SSSR count). The first kappa shape index (κ1) is 19.6. The Morgan fingerprint density at radius 1 is 1.26 bits per heavy atom. The average Bonchev–Trinajstić information content (AvgIpc) is 3.05. The first-order valence-electron chi connectivity index (χ1n) is 10.0. The lowest BCUT2D eigenvalue weighted by atomic mass is 9.94. The molecule has 2 aliphatic rings. The third-order valence-corrected chi connectivity index (χ3v) is 5.14. The predicted molar refractivity (Wildman–Crippen MR) is 104 cm³/mol. The predicted octanol–water partition coefficient (Wildman–Crippen LogP) is 4.58. The van der Waals surface area contributed by atoms with Gasteiger partial charge in [-0.05, 0) is 52.0 Å². The van der Waals surface area contributed by atoms with Crippen molar-refractivity contribution in [2.45, 2.75) is 77.9 Å². The zero-order valence-electron chi connectivity index (χ0n) is 16.9. The van der Waals surface area contributed by atoms with Gasteiger partial charge in [-0.1, -0.05) is 26.2 Å². The van der Waals surface area contributed by atoms with Crippen molar-refractivity contribution in [1.82, 2.24) is 14.5 Å². The topological polar surface area (TPSA) is 64.4 Å². The third kappa shape index (κ3) is 4.99. The fourth-order valence-corrected chi connectivity index (χ4v) is 3.87. The Morgan fingerprint density at radius 3 is 2.63 bits per heavy atom.